The van der Waals surface area contributed by atoms with Crippen molar-refractivity contribution in [2.24, 2.45) is 0 Å². The van der Waals surface area contributed by atoms with Crippen LogP contribution in [0, 0.1) is 0 Å². The first kappa shape index (κ1) is 11.2. The van der Waals surface area contributed by atoms with Gasteiger partial charge in [-0.05, 0) is 0 Å². The Labute approximate surface area is 73.6 Å². The number of alkyl halides is 2. The van der Waals surface area contributed by atoms with Crippen LogP contribution < -0.4 is 0 Å². The molecule has 1 N–H and O–H groups in total. The highest BCUT2D eigenvalue weighted by Crippen LogP contribution is 1.99. The molecule has 0 saturated heterocycles. The third-order valence-electron chi connectivity index (χ3n) is 1.15. The summed E-state index contributed by atoms with van der Waals surface area (Å²) in [6.07, 6.45) is -1.34. The standard InChI is InChI=1S/C5H7F2N3O.ClH/c6-4(7)1-10-5(2-11)8-3-9-10;/h3-4,11H,1-2H2;1H. The lowest BCUT2D eigenvalue weighted by Gasteiger charge is -2.01. The average Bonchev–Trinajstić information content (AvgIpc) is 2.34. The summed E-state index contributed by atoms with van der Waals surface area (Å²) in [6.45, 7) is -0.886. The Balaban J connectivity index is 0.00000121. The number of rotatable bonds is 3. The van der Waals surface area contributed by atoms with Crippen LogP contribution in [-0.4, -0.2) is 26.3 Å². The molecule has 0 aromatic carbocycles. The summed E-state index contributed by atoms with van der Waals surface area (Å²) >= 11 is 0. The molecule has 0 aliphatic heterocycles. The molecule has 0 amide bonds. The molecule has 0 bridgehead atoms. The fraction of sp³-hybridized carbons (Fsp3) is 0.600. The molecule has 1 rings (SSSR count). The van der Waals surface area contributed by atoms with E-state index in [9.17, 15) is 8.78 Å². The minimum absolute atomic E-state index is 0. The summed E-state index contributed by atoms with van der Waals surface area (Å²) in [5.41, 5.74) is 0. The van der Waals surface area contributed by atoms with Gasteiger partial charge in [0, 0.05) is 0 Å². The Hall–Kier alpha value is -0.750. The third-order valence-corrected chi connectivity index (χ3v) is 1.15. The second-order valence-electron chi connectivity index (χ2n) is 1.91. The van der Waals surface area contributed by atoms with Gasteiger partial charge in [0.1, 0.15) is 19.5 Å². The lowest BCUT2D eigenvalue weighted by atomic mass is 10.6. The molecule has 0 unspecified atom stereocenters. The Morgan fingerprint density at radius 2 is 2.25 bits per heavy atom. The molecule has 0 atom stereocenters. The van der Waals surface area contributed by atoms with Gasteiger partial charge in [0.25, 0.3) is 6.43 Å². The molecule has 70 valence electrons. The Kier molecular flexibility index (Phi) is 4.68. The van der Waals surface area contributed by atoms with Crippen LogP contribution in [0.1, 0.15) is 5.82 Å². The molecule has 1 heterocycles. The molecular formula is C5H8ClF2N3O. The van der Waals surface area contributed by atoms with E-state index < -0.39 is 13.0 Å². The molecule has 0 aliphatic rings. The molecule has 0 fully saturated rings. The Morgan fingerprint density at radius 1 is 1.58 bits per heavy atom. The predicted molar refractivity (Wildman–Crippen MR) is 39.2 cm³/mol. The highest BCUT2D eigenvalue weighted by molar-refractivity contribution is 5.85. The van der Waals surface area contributed by atoms with Gasteiger partial charge < -0.3 is 5.11 Å². The minimum Gasteiger partial charge on any atom is -0.388 e. The minimum atomic E-state index is -2.47. The number of aromatic nitrogens is 3. The maximum Gasteiger partial charge on any atom is 0.257 e. The van der Waals surface area contributed by atoms with Crippen molar-refractivity contribution in [1.29, 1.82) is 0 Å². The second kappa shape index (κ2) is 5.00. The van der Waals surface area contributed by atoms with E-state index in [1.807, 2.05) is 0 Å². The Bertz CT molecular complexity index is 230. The molecular weight excluding hydrogens is 192 g/mol. The highest BCUT2D eigenvalue weighted by atomic mass is 35.5. The van der Waals surface area contributed by atoms with Crippen LogP contribution >= 0.6 is 12.4 Å². The van der Waals surface area contributed by atoms with Gasteiger partial charge in [-0.3, -0.25) is 0 Å². The summed E-state index contributed by atoms with van der Waals surface area (Å²) in [6, 6.07) is 0. The van der Waals surface area contributed by atoms with Crippen molar-refractivity contribution in [2.75, 3.05) is 0 Å². The van der Waals surface area contributed by atoms with E-state index in [-0.39, 0.29) is 24.8 Å². The van der Waals surface area contributed by atoms with Crippen molar-refractivity contribution in [3.05, 3.63) is 12.2 Å². The largest absolute Gasteiger partial charge is 0.388 e. The van der Waals surface area contributed by atoms with E-state index in [0.717, 1.165) is 11.0 Å². The first-order valence-electron chi connectivity index (χ1n) is 2.99. The van der Waals surface area contributed by atoms with Crippen LogP contribution in [0.15, 0.2) is 6.33 Å². The van der Waals surface area contributed by atoms with Crippen molar-refractivity contribution < 1.29 is 13.9 Å². The van der Waals surface area contributed by atoms with E-state index in [4.69, 9.17) is 5.11 Å². The molecule has 1 aromatic heterocycles. The van der Waals surface area contributed by atoms with E-state index in [0.29, 0.717) is 0 Å². The van der Waals surface area contributed by atoms with E-state index >= 15 is 0 Å². The van der Waals surface area contributed by atoms with Crippen molar-refractivity contribution in [3.63, 3.8) is 0 Å². The maximum atomic E-state index is 11.7. The lowest BCUT2D eigenvalue weighted by Crippen LogP contribution is -2.11. The Morgan fingerprint density at radius 3 is 2.75 bits per heavy atom. The number of hydrogen-bond acceptors (Lipinski definition) is 3. The molecule has 1 aromatic rings. The zero-order valence-corrected chi connectivity index (χ0v) is 6.84. The topological polar surface area (TPSA) is 50.9 Å². The van der Waals surface area contributed by atoms with Crippen LogP contribution in [0.2, 0.25) is 0 Å². The maximum absolute atomic E-state index is 11.7. The van der Waals surface area contributed by atoms with Crippen LogP contribution in [0.25, 0.3) is 0 Å². The van der Waals surface area contributed by atoms with E-state index in [1.165, 1.54) is 0 Å². The van der Waals surface area contributed by atoms with E-state index in [1.54, 1.807) is 0 Å². The number of aliphatic hydroxyl groups excluding tert-OH is 1. The molecule has 0 radical (unpaired) electrons. The van der Waals surface area contributed by atoms with Gasteiger partial charge >= 0.3 is 0 Å². The first-order valence-corrected chi connectivity index (χ1v) is 2.99. The summed E-state index contributed by atoms with van der Waals surface area (Å²) < 4.78 is 24.5. The number of halogens is 3. The van der Waals surface area contributed by atoms with Gasteiger partial charge in [-0.2, -0.15) is 5.10 Å². The van der Waals surface area contributed by atoms with Crippen molar-refractivity contribution in [3.8, 4) is 0 Å². The monoisotopic (exact) mass is 199 g/mol. The molecule has 4 nitrogen and oxygen atoms in total. The lowest BCUT2D eigenvalue weighted by molar-refractivity contribution is 0.117. The fourth-order valence-corrected chi connectivity index (χ4v) is 0.694. The zero-order chi connectivity index (χ0) is 8.27. The molecule has 0 aliphatic carbocycles. The average molecular weight is 200 g/mol. The predicted octanol–water partition coefficient (Wildman–Crippen LogP) is 0.457. The smallest absolute Gasteiger partial charge is 0.257 e. The van der Waals surface area contributed by atoms with Crippen molar-refractivity contribution in [2.45, 2.75) is 19.6 Å². The summed E-state index contributed by atoms with van der Waals surface area (Å²) in [5.74, 6) is 0.158. The third kappa shape index (κ3) is 2.71. The second-order valence-corrected chi connectivity index (χ2v) is 1.91. The molecule has 12 heavy (non-hydrogen) atoms. The van der Waals surface area contributed by atoms with Gasteiger partial charge in [0.2, 0.25) is 0 Å². The van der Waals surface area contributed by atoms with Gasteiger partial charge in [0.15, 0.2) is 5.82 Å². The van der Waals surface area contributed by atoms with Crippen molar-refractivity contribution in [1.82, 2.24) is 14.8 Å². The normalized spacial score (nSPS) is 10.0. The summed E-state index contributed by atoms with van der Waals surface area (Å²) in [4.78, 5) is 3.56. The van der Waals surface area contributed by atoms with Gasteiger partial charge in [-0.25, -0.2) is 18.4 Å². The first-order chi connectivity index (χ1) is 5.24. The summed E-state index contributed by atoms with van der Waals surface area (Å²) in [7, 11) is 0. The fourth-order valence-electron chi connectivity index (χ4n) is 0.694. The van der Waals surface area contributed by atoms with Gasteiger partial charge in [-0.1, -0.05) is 0 Å². The number of hydrogen-bond donors (Lipinski definition) is 1. The van der Waals surface area contributed by atoms with Crippen LogP contribution in [0.4, 0.5) is 8.78 Å². The molecule has 0 saturated carbocycles. The zero-order valence-electron chi connectivity index (χ0n) is 6.02. The quantitative estimate of drug-likeness (QED) is 0.770. The van der Waals surface area contributed by atoms with Crippen LogP contribution in [-0.2, 0) is 13.2 Å². The van der Waals surface area contributed by atoms with Crippen LogP contribution in [0.3, 0.4) is 0 Å². The van der Waals surface area contributed by atoms with Crippen LogP contribution in [0.5, 0.6) is 0 Å². The van der Waals surface area contributed by atoms with Gasteiger partial charge in [-0.15, -0.1) is 12.4 Å². The molecule has 0 spiro atoms. The SMILES string of the molecule is Cl.OCc1ncnn1CC(F)F. The molecule has 7 heteroatoms. The summed E-state index contributed by atoms with van der Waals surface area (Å²) in [5, 5.41) is 12.0. The van der Waals surface area contributed by atoms with Gasteiger partial charge in [0.05, 0.1) is 0 Å². The highest BCUT2D eigenvalue weighted by Gasteiger charge is 2.08. The van der Waals surface area contributed by atoms with Crippen molar-refractivity contribution >= 4 is 12.4 Å². The number of nitrogens with zero attached hydrogens (tertiary/aromatic N) is 3. The van der Waals surface area contributed by atoms with E-state index in [2.05, 4.69) is 10.1 Å². The number of aliphatic hydroxyl groups is 1.